The Balaban J connectivity index is 2.21. The Morgan fingerprint density at radius 2 is 1.90 bits per heavy atom. The summed E-state index contributed by atoms with van der Waals surface area (Å²) in [5.41, 5.74) is -1.78. The Kier molecular flexibility index (Phi) is 3.79. The molecule has 1 amide bonds. The lowest BCUT2D eigenvalue weighted by Gasteiger charge is -2.09. The lowest BCUT2D eigenvalue weighted by Crippen LogP contribution is -2.15. The van der Waals surface area contributed by atoms with E-state index >= 15 is 0 Å². The average Bonchev–Trinajstić information content (AvgIpc) is 2.38. The molecule has 0 spiro atoms. The first kappa shape index (κ1) is 14.8. The zero-order chi connectivity index (χ0) is 15.6. The van der Waals surface area contributed by atoms with E-state index in [1.807, 2.05) is 0 Å². The number of nitrogens with zero attached hydrogens (tertiary/aromatic N) is 1. The lowest BCUT2D eigenvalue weighted by atomic mass is 10.1. The number of nitrogens with one attached hydrogen (secondary N) is 1. The van der Waals surface area contributed by atoms with E-state index in [0.717, 1.165) is 24.4 Å². The van der Waals surface area contributed by atoms with E-state index in [4.69, 9.17) is 0 Å². The van der Waals surface area contributed by atoms with Gasteiger partial charge < -0.3 is 10.4 Å². The second-order valence-electron chi connectivity index (χ2n) is 4.02. The maximum atomic E-state index is 13.4. The minimum absolute atomic E-state index is 0.0596. The van der Waals surface area contributed by atoms with E-state index in [2.05, 4.69) is 10.3 Å². The SMILES string of the molecule is O=C(Nc1ccc(C(F)(F)F)nc1)c1c(O)cccc1F. The van der Waals surface area contributed by atoms with Gasteiger partial charge in [-0.15, -0.1) is 0 Å². The number of hydrogen-bond acceptors (Lipinski definition) is 3. The van der Waals surface area contributed by atoms with Crippen LogP contribution in [-0.2, 0) is 6.18 Å². The molecule has 0 bridgehead atoms. The predicted octanol–water partition coefficient (Wildman–Crippen LogP) is 3.20. The maximum absolute atomic E-state index is 13.4. The minimum atomic E-state index is -4.59. The number of aromatic nitrogens is 1. The number of aromatic hydroxyl groups is 1. The number of phenolic OH excluding ortho intramolecular Hbond substituents is 1. The summed E-state index contributed by atoms with van der Waals surface area (Å²) in [6.07, 6.45) is -3.80. The van der Waals surface area contributed by atoms with Gasteiger partial charge in [0.2, 0.25) is 0 Å². The van der Waals surface area contributed by atoms with Gasteiger partial charge in [-0.05, 0) is 24.3 Å². The predicted molar refractivity (Wildman–Crippen MR) is 65.3 cm³/mol. The van der Waals surface area contributed by atoms with Crippen LogP contribution in [0.4, 0.5) is 23.2 Å². The summed E-state index contributed by atoms with van der Waals surface area (Å²) in [6, 6.07) is 4.95. The first-order valence-electron chi connectivity index (χ1n) is 5.61. The van der Waals surface area contributed by atoms with Crippen LogP contribution in [0.3, 0.4) is 0 Å². The highest BCUT2D eigenvalue weighted by Gasteiger charge is 2.32. The molecule has 21 heavy (non-hydrogen) atoms. The first-order chi connectivity index (χ1) is 9.79. The quantitative estimate of drug-likeness (QED) is 0.837. The van der Waals surface area contributed by atoms with Gasteiger partial charge in [0.25, 0.3) is 5.91 Å². The summed E-state index contributed by atoms with van der Waals surface area (Å²) in [6.45, 7) is 0. The molecule has 8 heteroatoms. The third kappa shape index (κ3) is 3.28. The fraction of sp³-hybridized carbons (Fsp3) is 0.0769. The van der Waals surface area contributed by atoms with Crippen molar-refractivity contribution in [2.45, 2.75) is 6.18 Å². The van der Waals surface area contributed by atoms with Crippen LogP contribution < -0.4 is 5.32 Å². The van der Waals surface area contributed by atoms with Crippen molar-refractivity contribution in [2.24, 2.45) is 0 Å². The topological polar surface area (TPSA) is 62.2 Å². The van der Waals surface area contributed by atoms with Crippen LogP contribution >= 0.6 is 0 Å². The number of alkyl halides is 3. The van der Waals surface area contributed by atoms with Crippen molar-refractivity contribution < 1.29 is 27.5 Å². The van der Waals surface area contributed by atoms with Gasteiger partial charge >= 0.3 is 6.18 Å². The number of carbonyl (C=O) groups excluding carboxylic acids is 1. The molecule has 1 aromatic heterocycles. The van der Waals surface area contributed by atoms with Crippen molar-refractivity contribution in [1.82, 2.24) is 4.98 Å². The van der Waals surface area contributed by atoms with E-state index in [1.165, 1.54) is 6.07 Å². The zero-order valence-electron chi connectivity index (χ0n) is 10.3. The van der Waals surface area contributed by atoms with Crippen LogP contribution in [0, 0.1) is 5.82 Å². The average molecular weight is 300 g/mol. The van der Waals surface area contributed by atoms with E-state index in [0.29, 0.717) is 6.07 Å². The Labute approximate surface area is 116 Å². The van der Waals surface area contributed by atoms with Crippen LogP contribution in [0.1, 0.15) is 16.1 Å². The molecule has 1 aromatic carbocycles. The summed E-state index contributed by atoms with van der Waals surface area (Å²) in [4.78, 5) is 14.9. The number of phenols is 1. The largest absolute Gasteiger partial charge is 0.507 e. The number of benzene rings is 1. The lowest BCUT2D eigenvalue weighted by molar-refractivity contribution is -0.141. The second-order valence-corrected chi connectivity index (χ2v) is 4.02. The van der Waals surface area contributed by atoms with Gasteiger partial charge in [-0.3, -0.25) is 4.79 Å². The Bertz CT molecular complexity index is 649. The number of anilines is 1. The molecule has 0 aliphatic rings. The monoisotopic (exact) mass is 300 g/mol. The second kappa shape index (κ2) is 5.39. The van der Waals surface area contributed by atoms with Crippen molar-refractivity contribution in [3.05, 3.63) is 53.6 Å². The molecule has 0 saturated heterocycles. The third-order valence-electron chi connectivity index (χ3n) is 2.53. The summed E-state index contributed by atoms with van der Waals surface area (Å²) < 4.78 is 50.4. The van der Waals surface area contributed by atoms with Crippen molar-refractivity contribution in [3.63, 3.8) is 0 Å². The van der Waals surface area contributed by atoms with Crippen molar-refractivity contribution in [1.29, 1.82) is 0 Å². The molecule has 2 N–H and O–H groups in total. The number of carbonyl (C=O) groups is 1. The van der Waals surface area contributed by atoms with Crippen molar-refractivity contribution in [2.75, 3.05) is 5.32 Å². The van der Waals surface area contributed by atoms with Crippen molar-refractivity contribution in [3.8, 4) is 5.75 Å². The van der Waals surface area contributed by atoms with E-state index < -0.39 is 34.9 Å². The minimum Gasteiger partial charge on any atom is -0.507 e. The molecule has 1 heterocycles. The molecular weight excluding hydrogens is 292 g/mol. The molecular formula is C13H8F4N2O2. The Hall–Kier alpha value is -2.64. The summed E-state index contributed by atoms with van der Waals surface area (Å²) >= 11 is 0. The molecule has 0 aliphatic carbocycles. The highest BCUT2D eigenvalue weighted by Crippen LogP contribution is 2.28. The zero-order valence-corrected chi connectivity index (χ0v) is 10.3. The highest BCUT2D eigenvalue weighted by molar-refractivity contribution is 6.06. The number of hydrogen-bond donors (Lipinski definition) is 2. The van der Waals surface area contributed by atoms with E-state index in [1.54, 1.807) is 0 Å². The molecule has 0 fully saturated rings. The fourth-order valence-electron chi connectivity index (χ4n) is 1.57. The van der Waals surface area contributed by atoms with Crippen molar-refractivity contribution >= 4 is 11.6 Å². The molecule has 0 atom stereocenters. The van der Waals surface area contributed by atoms with Gasteiger partial charge in [-0.1, -0.05) is 6.07 Å². The third-order valence-corrected chi connectivity index (χ3v) is 2.53. The number of amides is 1. The molecule has 2 aromatic rings. The first-order valence-corrected chi connectivity index (χ1v) is 5.61. The van der Waals surface area contributed by atoms with Crippen LogP contribution in [0.15, 0.2) is 36.5 Å². The summed E-state index contributed by atoms with van der Waals surface area (Å²) in [7, 11) is 0. The normalized spacial score (nSPS) is 11.2. The number of rotatable bonds is 2. The van der Waals surface area contributed by atoms with Gasteiger partial charge in [0.1, 0.15) is 22.8 Å². The van der Waals surface area contributed by atoms with Crippen LogP contribution in [0.25, 0.3) is 0 Å². The Morgan fingerprint density at radius 3 is 2.43 bits per heavy atom. The van der Waals surface area contributed by atoms with Gasteiger partial charge in [0, 0.05) is 0 Å². The van der Waals surface area contributed by atoms with Crippen LogP contribution in [0.5, 0.6) is 5.75 Å². The molecule has 0 aliphatic heterocycles. The molecule has 110 valence electrons. The highest BCUT2D eigenvalue weighted by atomic mass is 19.4. The fourth-order valence-corrected chi connectivity index (χ4v) is 1.57. The summed E-state index contributed by atoms with van der Waals surface area (Å²) in [5, 5.41) is 11.6. The Morgan fingerprint density at radius 1 is 1.19 bits per heavy atom. The molecule has 0 unspecified atom stereocenters. The van der Waals surface area contributed by atoms with Gasteiger partial charge in [0.15, 0.2) is 0 Å². The van der Waals surface area contributed by atoms with Gasteiger partial charge in [-0.2, -0.15) is 13.2 Å². The maximum Gasteiger partial charge on any atom is 0.433 e. The molecule has 2 rings (SSSR count). The van der Waals surface area contributed by atoms with E-state index in [-0.39, 0.29) is 5.69 Å². The standard InChI is InChI=1S/C13H8F4N2O2/c14-8-2-1-3-9(20)11(8)12(21)19-7-4-5-10(18-6-7)13(15,16)17/h1-6,20H,(H,19,21). The smallest absolute Gasteiger partial charge is 0.433 e. The summed E-state index contributed by atoms with van der Waals surface area (Å²) in [5.74, 6) is -2.52. The van der Waals surface area contributed by atoms with E-state index in [9.17, 15) is 27.5 Å². The number of pyridine rings is 1. The molecule has 0 saturated carbocycles. The number of halogens is 4. The van der Waals surface area contributed by atoms with Gasteiger partial charge in [0.05, 0.1) is 11.9 Å². The van der Waals surface area contributed by atoms with Gasteiger partial charge in [-0.25, -0.2) is 9.37 Å². The molecule has 0 radical (unpaired) electrons. The van der Waals surface area contributed by atoms with Crippen LogP contribution in [0.2, 0.25) is 0 Å². The van der Waals surface area contributed by atoms with Crippen LogP contribution in [-0.4, -0.2) is 16.0 Å². The molecule has 4 nitrogen and oxygen atoms in total.